The highest BCUT2D eigenvalue weighted by atomic mass is 16.6. The molecule has 0 radical (unpaired) electrons. The first-order valence-corrected chi connectivity index (χ1v) is 16.4. The Kier molecular flexibility index (Phi) is 10.5. The van der Waals surface area contributed by atoms with Gasteiger partial charge in [0.05, 0.1) is 18.7 Å². The van der Waals surface area contributed by atoms with E-state index >= 15 is 0 Å². The highest BCUT2D eigenvalue weighted by Gasteiger charge is 2.38. The number of carbonyl (C=O) groups excluding carboxylic acids is 1. The van der Waals surface area contributed by atoms with Crippen molar-refractivity contribution in [3.63, 3.8) is 0 Å². The molecule has 1 N–H and O–H groups in total. The van der Waals surface area contributed by atoms with E-state index < -0.39 is 5.60 Å². The monoisotopic (exact) mass is 639 g/mol. The van der Waals surface area contributed by atoms with Gasteiger partial charge in [0.25, 0.3) is 0 Å². The van der Waals surface area contributed by atoms with Crippen LogP contribution >= 0.6 is 0 Å². The second-order valence-corrected chi connectivity index (χ2v) is 12.7. The van der Waals surface area contributed by atoms with E-state index in [-0.39, 0.29) is 6.09 Å². The maximum atomic E-state index is 12.8. The molecule has 248 valence electrons. The van der Waals surface area contributed by atoms with Crippen LogP contribution in [0, 0.1) is 13.8 Å². The van der Waals surface area contributed by atoms with E-state index in [4.69, 9.17) is 19.2 Å². The van der Waals surface area contributed by atoms with Crippen LogP contribution in [0.2, 0.25) is 0 Å². The first-order valence-electron chi connectivity index (χ1n) is 16.4. The third-order valence-corrected chi connectivity index (χ3v) is 7.77. The van der Waals surface area contributed by atoms with Gasteiger partial charge in [-0.2, -0.15) is 9.68 Å². The smallest absolute Gasteiger partial charge is 0.411 e. The van der Waals surface area contributed by atoms with E-state index in [1.807, 2.05) is 81.7 Å². The number of nitrogens with one attached hydrogen (secondary N) is 1. The van der Waals surface area contributed by atoms with Gasteiger partial charge >= 0.3 is 6.09 Å². The van der Waals surface area contributed by atoms with Gasteiger partial charge in [-0.05, 0) is 88.9 Å². The molecule has 0 fully saturated rings. The fourth-order valence-electron chi connectivity index (χ4n) is 5.46. The Morgan fingerprint density at radius 2 is 1.96 bits per heavy atom. The first kappa shape index (κ1) is 33.5. The molecule has 47 heavy (non-hydrogen) atoms. The lowest BCUT2D eigenvalue weighted by molar-refractivity contribution is -0.453. The minimum Gasteiger partial charge on any atom is -0.475 e. The largest absolute Gasteiger partial charge is 0.475 e. The van der Waals surface area contributed by atoms with E-state index in [2.05, 4.69) is 54.0 Å². The van der Waals surface area contributed by atoms with Gasteiger partial charge in [0.1, 0.15) is 29.5 Å². The van der Waals surface area contributed by atoms with Gasteiger partial charge in [0.15, 0.2) is 13.2 Å². The number of carbonyl (C=O) groups is 1. The molecular weight excluding hydrogens is 592 g/mol. The molecule has 2 aromatic rings. The molecule has 0 saturated carbocycles. The van der Waals surface area contributed by atoms with E-state index in [0.717, 1.165) is 63.9 Å². The second kappa shape index (κ2) is 14.7. The van der Waals surface area contributed by atoms with Crippen LogP contribution in [0.4, 0.5) is 16.2 Å². The number of rotatable bonds is 8. The zero-order chi connectivity index (χ0) is 33.6. The lowest BCUT2D eigenvalue weighted by atomic mass is 10.0. The molecule has 3 aliphatic heterocycles. The molecule has 0 aliphatic carbocycles. The van der Waals surface area contributed by atoms with Crippen LogP contribution < -0.4 is 14.8 Å². The summed E-state index contributed by atoms with van der Waals surface area (Å²) in [6.45, 7) is 16.6. The second-order valence-electron chi connectivity index (χ2n) is 12.7. The van der Waals surface area contributed by atoms with Gasteiger partial charge in [0.2, 0.25) is 17.1 Å². The van der Waals surface area contributed by atoms with Crippen molar-refractivity contribution in [3.05, 3.63) is 83.4 Å². The number of aryl methyl sites for hydroxylation is 2. The number of amidine groups is 1. The zero-order valence-electron chi connectivity index (χ0n) is 28.7. The quantitative estimate of drug-likeness (QED) is 0.185. The molecule has 0 saturated heterocycles. The molecule has 3 heterocycles. The Morgan fingerprint density at radius 3 is 2.66 bits per heavy atom. The van der Waals surface area contributed by atoms with Gasteiger partial charge in [-0.25, -0.2) is 9.79 Å². The summed E-state index contributed by atoms with van der Waals surface area (Å²) in [4.78, 5) is 19.4. The number of fused-ring (bicyclic) bond motifs is 2. The molecule has 0 atom stereocenters. The van der Waals surface area contributed by atoms with Crippen molar-refractivity contribution in [2.24, 2.45) is 10.1 Å². The lowest BCUT2D eigenvalue weighted by Crippen LogP contribution is -2.50. The van der Waals surface area contributed by atoms with Crippen LogP contribution in [0.15, 0.2) is 76.8 Å². The van der Waals surface area contributed by atoms with Crippen molar-refractivity contribution >= 4 is 35.2 Å². The van der Waals surface area contributed by atoms with E-state index in [9.17, 15) is 4.79 Å². The Labute approximate surface area is 278 Å². The number of benzene rings is 2. The van der Waals surface area contributed by atoms with E-state index in [1.165, 1.54) is 0 Å². The Balaban J connectivity index is 1.39. The maximum absolute atomic E-state index is 12.8. The van der Waals surface area contributed by atoms with Crippen molar-refractivity contribution in [2.75, 3.05) is 38.1 Å². The Morgan fingerprint density at radius 1 is 1.13 bits per heavy atom. The summed E-state index contributed by atoms with van der Waals surface area (Å²) in [6, 6.07) is 10.2. The number of aliphatic imine (C=N–C) groups is 1. The van der Waals surface area contributed by atoms with Gasteiger partial charge in [-0.3, -0.25) is 9.91 Å². The van der Waals surface area contributed by atoms with Crippen LogP contribution in [0.1, 0.15) is 64.2 Å². The first-order chi connectivity index (χ1) is 22.6. The highest BCUT2D eigenvalue weighted by molar-refractivity contribution is 6.12. The van der Waals surface area contributed by atoms with Crippen molar-refractivity contribution < 1.29 is 23.6 Å². The minimum atomic E-state index is -0.543. The molecule has 1 amide bonds. The number of nitrogens with zero attached hydrogens (tertiary/aromatic N) is 5. The molecule has 2 aromatic carbocycles. The zero-order valence-corrected chi connectivity index (χ0v) is 28.7. The third-order valence-electron chi connectivity index (χ3n) is 7.77. The fourth-order valence-corrected chi connectivity index (χ4v) is 5.46. The standard InChI is InChI=1S/C37H47N6O4/c1-8-10-18-38-35(40-28-12-14-32(27(4)23-28)46-30-15-19-42(20-16-30)39-17-9-2)33-26(3)11-13-31-34(33)45-25-29-24-41(21-22-43(29)31)36(44)47-37(5,6)7/h10-19,23H,8-9,20-22,24-25H2,1-7H3,(H,38,40)/q+1/b18-10+,39-17-. The van der Waals surface area contributed by atoms with Gasteiger partial charge in [0, 0.05) is 30.4 Å². The summed E-state index contributed by atoms with van der Waals surface area (Å²) in [5.74, 6) is 3.04. The van der Waals surface area contributed by atoms with Crippen molar-refractivity contribution in [1.29, 1.82) is 0 Å². The van der Waals surface area contributed by atoms with E-state index in [1.54, 1.807) is 4.90 Å². The van der Waals surface area contributed by atoms with Crippen molar-refractivity contribution in [1.82, 2.24) is 9.91 Å². The van der Waals surface area contributed by atoms with Gasteiger partial charge < -0.3 is 19.5 Å². The summed E-state index contributed by atoms with van der Waals surface area (Å²) >= 11 is 0. The number of hydrogen-bond donors (Lipinski definition) is 1. The van der Waals surface area contributed by atoms with Gasteiger partial charge in [-0.1, -0.05) is 26.0 Å². The summed E-state index contributed by atoms with van der Waals surface area (Å²) in [5.41, 5.74) is 5.28. The van der Waals surface area contributed by atoms with Crippen LogP contribution in [0.25, 0.3) is 0 Å². The molecule has 0 bridgehead atoms. The Bertz CT molecular complexity index is 1680. The van der Waals surface area contributed by atoms with E-state index in [0.29, 0.717) is 38.6 Å². The molecule has 5 rings (SSSR count). The Hall–Kier alpha value is -4.86. The SMILES string of the molecule is CC/C=N\N1C=CC(Oc2ccc(NC(=N/C=C/CC)c3c(C)ccc4c3OCC3=[N+]4CCN(C(=O)OC(C)(C)C)C3)cc2C)=CC1. The average molecular weight is 640 g/mol. The number of hydrogen-bond acceptors (Lipinski definition) is 7. The van der Waals surface area contributed by atoms with Gasteiger partial charge in [-0.15, -0.1) is 0 Å². The van der Waals surface area contributed by atoms with Crippen LogP contribution in [-0.2, 0) is 4.74 Å². The summed E-state index contributed by atoms with van der Waals surface area (Å²) in [7, 11) is 0. The molecule has 10 nitrogen and oxygen atoms in total. The van der Waals surface area contributed by atoms with Crippen LogP contribution in [0.5, 0.6) is 11.5 Å². The average Bonchev–Trinajstić information content (AvgIpc) is 3.04. The predicted octanol–water partition coefficient (Wildman–Crippen LogP) is 7.30. The number of amides is 1. The summed E-state index contributed by atoms with van der Waals surface area (Å²) in [5, 5.41) is 9.84. The number of anilines is 1. The van der Waals surface area contributed by atoms with Crippen molar-refractivity contribution in [2.45, 2.75) is 66.9 Å². The molecule has 0 aromatic heterocycles. The van der Waals surface area contributed by atoms with Crippen LogP contribution in [0.3, 0.4) is 0 Å². The predicted molar refractivity (Wildman–Crippen MR) is 188 cm³/mol. The molecule has 3 aliphatic rings. The number of ether oxygens (including phenoxy) is 3. The molecule has 0 spiro atoms. The minimum absolute atomic E-state index is 0.302. The normalized spacial score (nSPS) is 16.7. The number of hydrazone groups is 1. The topological polar surface area (TPSA) is 91.0 Å². The molecular formula is C37H47N6O4+. The summed E-state index contributed by atoms with van der Waals surface area (Å²) in [6.07, 6.45) is 13.1. The fraction of sp³-hybridized carbons (Fsp3) is 0.405. The maximum Gasteiger partial charge on any atom is 0.411 e. The summed E-state index contributed by atoms with van der Waals surface area (Å²) < 4.78 is 20.6. The highest BCUT2D eigenvalue weighted by Crippen LogP contribution is 2.38. The van der Waals surface area contributed by atoms with Crippen LogP contribution in [-0.4, -0.2) is 76.7 Å². The molecule has 10 heteroatoms. The number of allylic oxidation sites excluding steroid dienone is 2. The lowest BCUT2D eigenvalue weighted by Gasteiger charge is -2.31. The molecule has 0 unspecified atom stereocenters. The van der Waals surface area contributed by atoms with Crippen molar-refractivity contribution in [3.8, 4) is 11.5 Å². The third kappa shape index (κ3) is 8.30.